The molecule has 0 aliphatic carbocycles. The standard InChI is InChI=1S/C20H14ClF3N4O5S2/c1-2-34(30,31)16-9-13(12-3-5-14(21)6-4-12)10-25-18(16)28-19(29)27-11-15(7-8-17(27)26-28)35(32,33)20(22,23)24/h3-11H,2H2,1H3. The normalized spacial score (nSPS) is 12.8. The molecule has 0 saturated heterocycles. The van der Waals surface area contributed by atoms with E-state index in [4.69, 9.17) is 11.6 Å². The molecule has 184 valence electrons. The predicted molar refractivity (Wildman–Crippen MR) is 120 cm³/mol. The maximum atomic E-state index is 13.0. The van der Waals surface area contributed by atoms with E-state index in [0.717, 1.165) is 6.07 Å². The molecule has 9 nitrogen and oxygen atoms in total. The maximum absolute atomic E-state index is 13.0. The summed E-state index contributed by atoms with van der Waals surface area (Å²) in [5.41, 5.74) is -5.93. The SMILES string of the molecule is CCS(=O)(=O)c1cc(-c2ccc(Cl)cc2)cnc1-n1nc2ccc(S(=O)(=O)C(F)(F)F)cn2c1=O. The van der Waals surface area contributed by atoms with Crippen LogP contribution in [0.25, 0.3) is 22.6 Å². The molecule has 0 unspecified atom stereocenters. The van der Waals surface area contributed by atoms with Crippen LogP contribution in [-0.4, -0.2) is 47.3 Å². The van der Waals surface area contributed by atoms with Crippen molar-refractivity contribution in [3.8, 4) is 16.9 Å². The zero-order valence-corrected chi connectivity index (χ0v) is 20.0. The fourth-order valence-electron chi connectivity index (χ4n) is 3.17. The van der Waals surface area contributed by atoms with Gasteiger partial charge >= 0.3 is 11.2 Å². The summed E-state index contributed by atoms with van der Waals surface area (Å²) < 4.78 is 89.1. The van der Waals surface area contributed by atoms with Crippen LogP contribution in [0.2, 0.25) is 5.02 Å². The average molecular weight is 547 g/mol. The summed E-state index contributed by atoms with van der Waals surface area (Å²) in [7, 11) is -9.70. The number of hydrogen-bond donors (Lipinski definition) is 0. The second kappa shape index (κ2) is 8.46. The Morgan fingerprint density at radius 1 is 1.00 bits per heavy atom. The third-order valence-electron chi connectivity index (χ3n) is 5.03. The van der Waals surface area contributed by atoms with Crippen molar-refractivity contribution in [3.63, 3.8) is 0 Å². The van der Waals surface area contributed by atoms with Gasteiger partial charge < -0.3 is 0 Å². The minimum Gasteiger partial charge on any atom is -0.249 e. The highest BCUT2D eigenvalue weighted by molar-refractivity contribution is 7.92. The Morgan fingerprint density at radius 3 is 2.26 bits per heavy atom. The molecule has 3 heterocycles. The fourth-order valence-corrected chi connectivity index (χ4v) is 5.09. The van der Waals surface area contributed by atoms with Gasteiger partial charge in [-0.1, -0.05) is 30.7 Å². The lowest BCUT2D eigenvalue weighted by molar-refractivity contribution is -0.0436. The average Bonchev–Trinajstić information content (AvgIpc) is 3.14. The third-order valence-corrected chi connectivity index (χ3v) is 8.48. The molecule has 1 aromatic carbocycles. The van der Waals surface area contributed by atoms with Crippen LogP contribution < -0.4 is 5.69 Å². The van der Waals surface area contributed by atoms with Crippen LogP contribution >= 0.6 is 11.6 Å². The first kappa shape index (κ1) is 24.9. The first-order chi connectivity index (χ1) is 16.3. The topological polar surface area (TPSA) is 120 Å². The summed E-state index contributed by atoms with van der Waals surface area (Å²) in [5.74, 6) is -0.736. The van der Waals surface area contributed by atoms with E-state index in [2.05, 4.69) is 10.1 Å². The molecule has 0 N–H and O–H groups in total. The zero-order valence-electron chi connectivity index (χ0n) is 17.6. The molecule has 3 aromatic heterocycles. The van der Waals surface area contributed by atoms with Crippen LogP contribution in [0.3, 0.4) is 0 Å². The molecule has 35 heavy (non-hydrogen) atoms. The van der Waals surface area contributed by atoms with Crippen molar-refractivity contribution in [1.29, 1.82) is 0 Å². The van der Waals surface area contributed by atoms with E-state index < -0.39 is 41.6 Å². The van der Waals surface area contributed by atoms with Gasteiger partial charge in [0.05, 0.1) is 10.6 Å². The van der Waals surface area contributed by atoms with Gasteiger partial charge in [0.2, 0.25) is 0 Å². The molecule has 4 aromatic rings. The molecule has 4 rings (SSSR count). The van der Waals surface area contributed by atoms with Gasteiger partial charge in [-0.05, 0) is 35.9 Å². The highest BCUT2D eigenvalue weighted by Gasteiger charge is 2.47. The molecule has 0 aliphatic heterocycles. The highest BCUT2D eigenvalue weighted by atomic mass is 35.5. The Labute approximate surface area is 201 Å². The monoisotopic (exact) mass is 546 g/mol. The Kier molecular flexibility index (Phi) is 6.02. The smallest absolute Gasteiger partial charge is 0.249 e. The van der Waals surface area contributed by atoms with Gasteiger partial charge in [0.15, 0.2) is 21.3 Å². The lowest BCUT2D eigenvalue weighted by Gasteiger charge is -2.10. The van der Waals surface area contributed by atoms with E-state index in [1.807, 2.05) is 0 Å². The minimum absolute atomic E-state index is 0.223. The van der Waals surface area contributed by atoms with Crippen LogP contribution in [0.4, 0.5) is 13.2 Å². The number of hydrogen-bond acceptors (Lipinski definition) is 7. The van der Waals surface area contributed by atoms with Crippen LogP contribution in [0, 0.1) is 0 Å². The second-order valence-electron chi connectivity index (χ2n) is 7.19. The van der Waals surface area contributed by atoms with Gasteiger partial charge in [-0.2, -0.15) is 17.9 Å². The fraction of sp³-hybridized carbons (Fsp3) is 0.150. The summed E-state index contributed by atoms with van der Waals surface area (Å²) in [4.78, 5) is 15.5. The molecule has 0 spiro atoms. The molecular formula is C20H14ClF3N4O5S2. The van der Waals surface area contributed by atoms with Gasteiger partial charge in [0.25, 0.3) is 9.84 Å². The summed E-state index contributed by atoms with van der Waals surface area (Å²) in [6.07, 6.45) is 1.77. The summed E-state index contributed by atoms with van der Waals surface area (Å²) in [5, 5.41) is 4.40. The van der Waals surface area contributed by atoms with Crippen molar-refractivity contribution >= 4 is 36.9 Å². The second-order valence-corrected chi connectivity index (χ2v) is 11.8. The number of sulfone groups is 2. The van der Waals surface area contributed by atoms with Crippen molar-refractivity contribution < 1.29 is 30.0 Å². The van der Waals surface area contributed by atoms with Gasteiger partial charge in [-0.15, -0.1) is 5.10 Å². The van der Waals surface area contributed by atoms with Gasteiger partial charge in [0.1, 0.15) is 4.90 Å². The van der Waals surface area contributed by atoms with Gasteiger partial charge in [-0.25, -0.2) is 31.0 Å². The van der Waals surface area contributed by atoms with Crippen molar-refractivity contribution in [1.82, 2.24) is 19.2 Å². The van der Waals surface area contributed by atoms with E-state index in [1.165, 1.54) is 19.2 Å². The van der Waals surface area contributed by atoms with Crippen molar-refractivity contribution in [3.05, 3.63) is 70.4 Å². The lowest BCUT2D eigenvalue weighted by atomic mass is 10.1. The van der Waals surface area contributed by atoms with E-state index in [1.54, 1.807) is 24.3 Å². The van der Waals surface area contributed by atoms with E-state index in [0.29, 0.717) is 37.5 Å². The number of alkyl halides is 3. The van der Waals surface area contributed by atoms with Crippen molar-refractivity contribution in [2.75, 3.05) is 5.75 Å². The number of aromatic nitrogens is 4. The number of pyridine rings is 2. The molecule has 15 heteroatoms. The molecule has 0 amide bonds. The number of benzene rings is 1. The molecule has 0 fully saturated rings. The molecule has 0 radical (unpaired) electrons. The van der Waals surface area contributed by atoms with E-state index in [9.17, 15) is 34.8 Å². The van der Waals surface area contributed by atoms with Crippen molar-refractivity contribution in [2.45, 2.75) is 22.2 Å². The van der Waals surface area contributed by atoms with E-state index >= 15 is 0 Å². The molecular weight excluding hydrogens is 533 g/mol. The first-order valence-corrected chi connectivity index (χ1v) is 13.2. The van der Waals surface area contributed by atoms with Crippen LogP contribution in [0.1, 0.15) is 6.92 Å². The molecule has 0 saturated carbocycles. The third kappa shape index (κ3) is 4.32. The number of nitrogens with zero attached hydrogens (tertiary/aromatic N) is 4. The number of fused-ring (bicyclic) bond motifs is 1. The quantitative estimate of drug-likeness (QED) is 0.376. The van der Waals surface area contributed by atoms with Crippen molar-refractivity contribution in [2.24, 2.45) is 0 Å². The Morgan fingerprint density at radius 2 is 1.66 bits per heavy atom. The van der Waals surface area contributed by atoms with Crippen LogP contribution in [0.15, 0.2) is 69.4 Å². The first-order valence-electron chi connectivity index (χ1n) is 9.68. The largest absolute Gasteiger partial charge is 0.501 e. The maximum Gasteiger partial charge on any atom is 0.501 e. The van der Waals surface area contributed by atoms with Crippen LogP contribution in [-0.2, 0) is 19.7 Å². The Balaban J connectivity index is 1.94. The number of rotatable bonds is 5. The van der Waals surface area contributed by atoms with Gasteiger partial charge in [-0.3, -0.25) is 0 Å². The summed E-state index contributed by atoms with van der Waals surface area (Å²) in [6.45, 7) is 1.38. The molecule has 0 bridgehead atoms. The molecule has 0 aliphatic rings. The highest BCUT2D eigenvalue weighted by Crippen LogP contribution is 2.30. The Bertz CT molecular complexity index is 1730. The van der Waals surface area contributed by atoms with E-state index in [-0.39, 0.29) is 16.3 Å². The Hall–Kier alpha value is -3.23. The number of halogens is 4. The van der Waals surface area contributed by atoms with Crippen LogP contribution in [0.5, 0.6) is 0 Å². The minimum atomic E-state index is -5.73. The zero-order chi connectivity index (χ0) is 25.8. The summed E-state index contributed by atoms with van der Waals surface area (Å²) >= 11 is 5.89. The summed E-state index contributed by atoms with van der Waals surface area (Å²) in [6, 6.07) is 9.31. The molecule has 0 atom stereocenters. The lowest BCUT2D eigenvalue weighted by Crippen LogP contribution is -2.25. The van der Waals surface area contributed by atoms with Gasteiger partial charge in [0, 0.05) is 23.0 Å². The predicted octanol–water partition coefficient (Wildman–Crippen LogP) is 3.29.